The summed E-state index contributed by atoms with van der Waals surface area (Å²) in [4.78, 5) is 30.9. The molecule has 80 valence electrons. The van der Waals surface area contributed by atoms with Crippen molar-refractivity contribution in [2.24, 2.45) is 0 Å². The normalized spacial score (nSPS) is 9.33. The number of carbonyl (C=O) groups is 2. The van der Waals surface area contributed by atoms with Crippen molar-refractivity contribution in [1.29, 1.82) is 0 Å². The first kappa shape index (κ1) is 10.6. The van der Waals surface area contributed by atoms with Crippen LogP contribution in [0.3, 0.4) is 0 Å². The van der Waals surface area contributed by atoms with Crippen LogP contribution in [0.4, 0.5) is 9.59 Å². The zero-order chi connectivity index (χ0) is 11.4. The fourth-order valence-electron chi connectivity index (χ4n) is 0.728. The Labute approximate surface area is 81.3 Å². The van der Waals surface area contributed by atoms with Gasteiger partial charge < -0.3 is 24.1 Å². The maximum Gasteiger partial charge on any atom is 0.513 e. The summed E-state index contributed by atoms with van der Waals surface area (Å²) in [5, 5.41) is 16.4. The van der Waals surface area contributed by atoms with E-state index in [1.54, 1.807) is 0 Å². The van der Waals surface area contributed by atoms with Gasteiger partial charge in [-0.05, 0) is 0 Å². The average Bonchev–Trinajstić information content (AvgIpc) is 1.98. The third-order valence-electron chi connectivity index (χ3n) is 1.11. The molecule has 2 N–H and O–H groups in total. The summed E-state index contributed by atoms with van der Waals surface area (Å²) in [6.07, 6.45) is -3.35. The monoisotopic (exact) mass is 216 g/mol. The molecule has 1 aromatic rings. The second-order valence-corrected chi connectivity index (χ2v) is 2.17. The summed E-state index contributed by atoms with van der Waals surface area (Å²) in [6.45, 7) is 0. The van der Waals surface area contributed by atoms with Crippen molar-refractivity contribution >= 4 is 12.3 Å². The van der Waals surface area contributed by atoms with Gasteiger partial charge in [0.25, 0.3) is 0 Å². The molecule has 0 saturated heterocycles. The Bertz CT molecular complexity index is 407. The van der Waals surface area contributed by atoms with Crippen LogP contribution < -0.4 is 15.1 Å². The Kier molecular flexibility index (Phi) is 2.91. The molecule has 1 rings (SSSR count). The standard InChI is InChI=1S/C7H4O8/c8-4-1-3(13-6(9)10)2-5(14-4)15-7(11)12/h1-2H,(H,9,10)(H,11,12). The smallest absolute Gasteiger partial charge is 0.449 e. The molecule has 0 radical (unpaired) electrons. The van der Waals surface area contributed by atoms with E-state index in [9.17, 15) is 14.4 Å². The lowest BCUT2D eigenvalue weighted by Crippen LogP contribution is -2.09. The minimum atomic E-state index is -1.70. The number of hydrogen-bond acceptors (Lipinski definition) is 6. The summed E-state index contributed by atoms with van der Waals surface area (Å²) < 4.78 is 12.4. The Balaban J connectivity index is 2.99. The van der Waals surface area contributed by atoms with E-state index < -0.39 is 29.6 Å². The van der Waals surface area contributed by atoms with E-state index in [1.165, 1.54) is 0 Å². The van der Waals surface area contributed by atoms with Crippen LogP contribution in [-0.2, 0) is 0 Å². The number of hydrogen-bond donors (Lipinski definition) is 2. The molecular weight excluding hydrogens is 212 g/mol. The first-order valence-corrected chi connectivity index (χ1v) is 3.44. The van der Waals surface area contributed by atoms with Gasteiger partial charge in [0.2, 0.25) is 0 Å². The fraction of sp³-hybridized carbons (Fsp3) is 0. The van der Waals surface area contributed by atoms with Crippen LogP contribution in [0.5, 0.6) is 11.7 Å². The van der Waals surface area contributed by atoms with E-state index in [0.717, 1.165) is 12.1 Å². The van der Waals surface area contributed by atoms with Crippen LogP contribution >= 0.6 is 0 Å². The van der Waals surface area contributed by atoms with Crippen molar-refractivity contribution in [3.8, 4) is 11.7 Å². The lowest BCUT2D eigenvalue weighted by molar-refractivity contribution is 0.129. The SMILES string of the molecule is O=C(O)Oc1cc(OC(=O)O)oc(=O)c1. The second-order valence-electron chi connectivity index (χ2n) is 2.17. The number of rotatable bonds is 2. The third kappa shape index (κ3) is 3.38. The molecule has 0 fully saturated rings. The minimum absolute atomic E-state index is 0.394. The summed E-state index contributed by atoms with van der Waals surface area (Å²) in [5.41, 5.74) is -0.995. The highest BCUT2D eigenvalue weighted by molar-refractivity contribution is 5.62. The van der Waals surface area contributed by atoms with Crippen LogP contribution in [0.15, 0.2) is 21.3 Å². The molecule has 8 nitrogen and oxygen atoms in total. The zero-order valence-corrected chi connectivity index (χ0v) is 7.00. The van der Waals surface area contributed by atoms with Gasteiger partial charge in [-0.2, -0.15) is 0 Å². The van der Waals surface area contributed by atoms with Gasteiger partial charge in [-0.3, -0.25) is 0 Å². The van der Waals surface area contributed by atoms with Crippen LogP contribution in [-0.4, -0.2) is 22.5 Å². The molecule has 1 heterocycles. The van der Waals surface area contributed by atoms with Gasteiger partial charge in [-0.15, -0.1) is 0 Å². The van der Waals surface area contributed by atoms with E-state index in [0.29, 0.717) is 0 Å². The predicted molar refractivity (Wildman–Crippen MR) is 42.3 cm³/mol. The molecule has 0 amide bonds. The Morgan fingerprint density at radius 2 is 1.73 bits per heavy atom. The van der Waals surface area contributed by atoms with Gasteiger partial charge in [0.05, 0.1) is 12.1 Å². The highest BCUT2D eigenvalue weighted by Crippen LogP contribution is 2.16. The van der Waals surface area contributed by atoms with Crippen molar-refractivity contribution < 1.29 is 33.7 Å². The van der Waals surface area contributed by atoms with Crippen molar-refractivity contribution in [3.63, 3.8) is 0 Å². The van der Waals surface area contributed by atoms with E-state index in [-0.39, 0.29) is 0 Å². The van der Waals surface area contributed by atoms with Crippen LogP contribution in [0, 0.1) is 0 Å². The molecule has 8 heteroatoms. The molecule has 0 aromatic carbocycles. The molecule has 0 saturated carbocycles. The molecule has 0 spiro atoms. The molecule has 0 aliphatic rings. The highest BCUT2D eigenvalue weighted by Gasteiger charge is 2.09. The van der Waals surface area contributed by atoms with Crippen molar-refractivity contribution in [2.75, 3.05) is 0 Å². The van der Waals surface area contributed by atoms with Gasteiger partial charge >= 0.3 is 23.9 Å². The summed E-state index contributed by atoms with van der Waals surface area (Å²) in [6, 6.07) is 1.53. The lowest BCUT2D eigenvalue weighted by atomic mass is 10.5. The average molecular weight is 216 g/mol. The zero-order valence-electron chi connectivity index (χ0n) is 7.00. The minimum Gasteiger partial charge on any atom is -0.449 e. The van der Waals surface area contributed by atoms with Crippen molar-refractivity contribution in [3.05, 3.63) is 22.6 Å². The first-order valence-electron chi connectivity index (χ1n) is 3.44. The quantitative estimate of drug-likeness (QED) is 0.694. The van der Waals surface area contributed by atoms with Gasteiger partial charge in [-0.1, -0.05) is 0 Å². The molecule has 15 heavy (non-hydrogen) atoms. The van der Waals surface area contributed by atoms with Crippen molar-refractivity contribution in [2.45, 2.75) is 0 Å². The number of ether oxygens (including phenoxy) is 2. The van der Waals surface area contributed by atoms with Crippen LogP contribution in [0.1, 0.15) is 0 Å². The maximum absolute atomic E-state index is 10.8. The van der Waals surface area contributed by atoms with E-state index in [2.05, 4.69) is 13.9 Å². The van der Waals surface area contributed by atoms with E-state index >= 15 is 0 Å². The van der Waals surface area contributed by atoms with Crippen LogP contribution in [0.2, 0.25) is 0 Å². The van der Waals surface area contributed by atoms with E-state index in [4.69, 9.17) is 10.2 Å². The van der Waals surface area contributed by atoms with E-state index in [1.807, 2.05) is 0 Å². The fourth-order valence-corrected chi connectivity index (χ4v) is 0.728. The summed E-state index contributed by atoms with van der Waals surface area (Å²) >= 11 is 0. The summed E-state index contributed by atoms with van der Waals surface area (Å²) in [7, 11) is 0. The highest BCUT2D eigenvalue weighted by atomic mass is 16.7. The van der Waals surface area contributed by atoms with Gasteiger partial charge in [0, 0.05) is 0 Å². The topological polar surface area (TPSA) is 123 Å². The predicted octanol–water partition coefficient (Wildman–Crippen LogP) is 0.753. The molecule has 0 atom stereocenters. The molecule has 0 bridgehead atoms. The van der Waals surface area contributed by atoms with Crippen LogP contribution in [0.25, 0.3) is 0 Å². The molecule has 0 unspecified atom stereocenters. The van der Waals surface area contributed by atoms with Crippen molar-refractivity contribution in [1.82, 2.24) is 0 Å². The Morgan fingerprint density at radius 1 is 1.13 bits per heavy atom. The Morgan fingerprint density at radius 3 is 2.27 bits per heavy atom. The third-order valence-corrected chi connectivity index (χ3v) is 1.11. The first-order chi connectivity index (χ1) is 6.97. The number of carboxylic acid groups (broad SMARTS) is 2. The molecular formula is C7H4O8. The molecule has 0 aliphatic carbocycles. The second kappa shape index (κ2) is 4.13. The van der Waals surface area contributed by atoms with Gasteiger partial charge in [0.1, 0.15) is 5.75 Å². The largest absolute Gasteiger partial charge is 0.513 e. The molecule has 0 aliphatic heterocycles. The molecule has 1 aromatic heterocycles. The van der Waals surface area contributed by atoms with Gasteiger partial charge in [-0.25, -0.2) is 14.4 Å². The Hall–Kier alpha value is -2.51. The maximum atomic E-state index is 10.8. The summed E-state index contributed by atoms with van der Waals surface area (Å²) in [5.74, 6) is -1.07. The van der Waals surface area contributed by atoms with Gasteiger partial charge in [0.15, 0.2) is 0 Å². The lowest BCUT2D eigenvalue weighted by Gasteiger charge is -2.00.